The molecule has 1 unspecified atom stereocenters. The van der Waals surface area contributed by atoms with E-state index in [1.807, 2.05) is 0 Å². The molecule has 3 heteroatoms. The Hall–Kier alpha value is -0.830. The van der Waals surface area contributed by atoms with Gasteiger partial charge in [-0.2, -0.15) is 0 Å². The highest BCUT2D eigenvalue weighted by molar-refractivity contribution is 5.78. The van der Waals surface area contributed by atoms with E-state index in [9.17, 15) is 9.90 Å². The van der Waals surface area contributed by atoms with Crippen molar-refractivity contribution < 1.29 is 14.6 Å². The van der Waals surface area contributed by atoms with Crippen molar-refractivity contribution in [3.05, 3.63) is 12.7 Å². The Morgan fingerprint density at radius 1 is 1.14 bits per heavy atom. The molecule has 0 radical (unpaired) electrons. The van der Waals surface area contributed by atoms with Crippen molar-refractivity contribution in [2.24, 2.45) is 5.92 Å². The molecule has 1 N–H and O–H groups in total. The van der Waals surface area contributed by atoms with Crippen molar-refractivity contribution in [2.75, 3.05) is 0 Å². The van der Waals surface area contributed by atoms with Crippen LogP contribution in [0.3, 0.4) is 0 Å². The molecule has 0 spiro atoms. The Morgan fingerprint density at radius 3 is 2.27 bits per heavy atom. The molecule has 22 heavy (non-hydrogen) atoms. The van der Waals surface area contributed by atoms with E-state index in [2.05, 4.69) is 13.5 Å². The predicted molar refractivity (Wildman–Crippen MR) is 90.7 cm³/mol. The van der Waals surface area contributed by atoms with E-state index >= 15 is 0 Å². The van der Waals surface area contributed by atoms with Crippen molar-refractivity contribution in [3.63, 3.8) is 0 Å². The van der Waals surface area contributed by atoms with Gasteiger partial charge in [0, 0.05) is 6.42 Å². The maximum atomic E-state index is 11.3. The molecular weight excluding hydrogens is 276 g/mol. The lowest BCUT2D eigenvalue weighted by Crippen LogP contribution is -2.46. The number of ether oxygens (including phenoxy) is 1. The monoisotopic (exact) mass is 310 g/mol. The molecular formula is C19H34O3. The minimum atomic E-state index is -0.338. The molecule has 1 fully saturated rings. The van der Waals surface area contributed by atoms with Crippen LogP contribution >= 0.6 is 0 Å². The Labute approximate surface area is 136 Å². The third kappa shape index (κ3) is 7.44. The van der Waals surface area contributed by atoms with Gasteiger partial charge in [-0.15, -0.1) is 6.58 Å². The van der Waals surface area contributed by atoms with Crippen molar-refractivity contribution >= 4 is 5.97 Å². The first-order valence-electron chi connectivity index (χ1n) is 9.18. The van der Waals surface area contributed by atoms with Gasteiger partial charge >= 0.3 is 5.97 Å². The number of esters is 1. The number of carbonyl (C=O) groups is 1. The summed E-state index contributed by atoms with van der Waals surface area (Å²) in [6.45, 7) is 5.91. The Bertz CT molecular complexity index is 314. The van der Waals surface area contributed by atoms with E-state index in [0.717, 1.165) is 12.8 Å². The largest absolute Gasteiger partial charge is 0.461 e. The molecule has 0 aromatic carbocycles. The summed E-state index contributed by atoms with van der Waals surface area (Å²) >= 11 is 0. The van der Waals surface area contributed by atoms with E-state index < -0.39 is 0 Å². The number of cyclic esters (lactones) is 1. The molecule has 1 aliphatic heterocycles. The lowest BCUT2D eigenvalue weighted by molar-refractivity contribution is -0.187. The van der Waals surface area contributed by atoms with E-state index in [1.54, 1.807) is 6.08 Å². The first-order valence-corrected chi connectivity index (χ1v) is 9.18. The van der Waals surface area contributed by atoms with Crippen molar-refractivity contribution in [3.8, 4) is 0 Å². The molecule has 1 heterocycles. The van der Waals surface area contributed by atoms with E-state index in [4.69, 9.17) is 4.74 Å². The van der Waals surface area contributed by atoms with Crippen LogP contribution in [-0.2, 0) is 9.53 Å². The summed E-state index contributed by atoms with van der Waals surface area (Å²) in [7, 11) is 0. The predicted octanol–water partition coefficient (Wildman–Crippen LogP) is 4.78. The zero-order valence-electron chi connectivity index (χ0n) is 14.3. The summed E-state index contributed by atoms with van der Waals surface area (Å²) in [5.41, 5.74) is 0. The average Bonchev–Trinajstić information content (AvgIpc) is 2.50. The molecule has 128 valence electrons. The smallest absolute Gasteiger partial charge is 0.313 e. The number of aliphatic hydroxyl groups excluding tert-OH is 1. The normalized spacial score (nSPS) is 22.0. The number of hydrogen-bond acceptors (Lipinski definition) is 3. The third-order valence-corrected chi connectivity index (χ3v) is 4.58. The van der Waals surface area contributed by atoms with Crippen LogP contribution in [0.5, 0.6) is 0 Å². The number of carbonyl (C=O) groups excluding carboxylic acids is 1. The van der Waals surface area contributed by atoms with Gasteiger partial charge in [0.1, 0.15) is 6.10 Å². The Morgan fingerprint density at radius 2 is 1.73 bits per heavy atom. The van der Waals surface area contributed by atoms with Crippen LogP contribution in [0, 0.1) is 5.92 Å². The van der Waals surface area contributed by atoms with Gasteiger partial charge in [-0.25, -0.2) is 0 Å². The summed E-state index contributed by atoms with van der Waals surface area (Å²) in [4.78, 5) is 11.3. The Kier molecular flexibility index (Phi) is 10.2. The molecule has 0 aromatic heterocycles. The molecule has 0 aliphatic carbocycles. The van der Waals surface area contributed by atoms with E-state index in [1.165, 1.54) is 51.4 Å². The molecule has 0 saturated carbocycles. The summed E-state index contributed by atoms with van der Waals surface area (Å²) < 4.78 is 5.12. The molecule has 0 bridgehead atoms. The van der Waals surface area contributed by atoms with Gasteiger partial charge < -0.3 is 9.84 Å². The molecule has 0 amide bonds. The number of rotatable bonds is 14. The fourth-order valence-corrected chi connectivity index (χ4v) is 3.11. The van der Waals surface area contributed by atoms with Gasteiger partial charge in [0.05, 0.1) is 12.0 Å². The highest BCUT2D eigenvalue weighted by atomic mass is 16.6. The topological polar surface area (TPSA) is 46.5 Å². The van der Waals surface area contributed by atoms with Crippen LogP contribution in [-0.4, -0.2) is 23.3 Å². The highest BCUT2D eigenvalue weighted by Gasteiger charge is 2.41. The van der Waals surface area contributed by atoms with Gasteiger partial charge in [-0.05, 0) is 12.8 Å². The second kappa shape index (κ2) is 11.7. The summed E-state index contributed by atoms with van der Waals surface area (Å²) in [6, 6.07) is 0. The summed E-state index contributed by atoms with van der Waals surface area (Å²) in [5, 5.41) is 10.0. The maximum absolute atomic E-state index is 11.3. The van der Waals surface area contributed by atoms with Crippen molar-refractivity contribution in [1.82, 2.24) is 0 Å². The zero-order valence-corrected chi connectivity index (χ0v) is 14.3. The van der Waals surface area contributed by atoms with E-state index in [0.29, 0.717) is 12.8 Å². The quantitative estimate of drug-likeness (QED) is 0.285. The Balaban J connectivity index is 1.94. The van der Waals surface area contributed by atoms with Crippen LogP contribution in [0.15, 0.2) is 12.7 Å². The second-order valence-corrected chi connectivity index (χ2v) is 6.61. The number of unbranched alkanes of at least 4 members (excludes halogenated alkanes) is 8. The average molecular weight is 310 g/mol. The number of allylic oxidation sites excluding steroid dienone is 1. The van der Waals surface area contributed by atoms with E-state index in [-0.39, 0.29) is 24.1 Å². The number of aliphatic hydroxyl groups is 1. The molecule has 1 aliphatic rings. The maximum Gasteiger partial charge on any atom is 0.313 e. The molecule has 0 aromatic rings. The van der Waals surface area contributed by atoms with Crippen LogP contribution in [0.25, 0.3) is 0 Å². The lowest BCUT2D eigenvalue weighted by atomic mass is 9.88. The molecule has 1 rings (SSSR count). The van der Waals surface area contributed by atoms with Crippen molar-refractivity contribution in [1.29, 1.82) is 0 Å². The first kappa shape index (κ1) is 19.2. The minimum Gasteiger partial charge on any atom is -0.461 e. The zero-order chi connectivity index (χ0) is 16.2. The standard InChI is InChI=1S/C19H34O3/c1-3-5-6-7-8-9-10-11-12-14-16(20)15-18-17(13-4-2)19(21)22-18/h4,16-18,20H,2-3,5-15H2,1H3/t16?,17-,18-/m1/s1. The lowest BCUT2D eigenvalue weighted by Gasteiger charge is -2.35. The first-order chi connectivity index (χ1) is 10.7. The molecule has 1 saturated heterocycles. The van der Waals surface area contributed by atoms with Crippen molar-refractivity contribution in [2.45, 2.75) is 96.2 Å². The molecule has 3 atom stereocenters. The van der Waals surface area contributed by atoms with Gasteiger partial charge in [0.15, 0.2) is 0 Å². The fourth-order valence-electron chi connectivity index (χ4n) is 3.11. The third-order valence-electron chi connectivity index (χ3n) is 4.58. The fraction of sp³-hybridized carbons (Fsp3) is 0.842. The van der Waals surface area contributed by atoms with Gasteiger partial charge in [-0.3, -0.25) is 4.79 Å². The van der Waals surface area contributed by atoms with Gasteiger partial charge in [0.2, 0.25) is 0 Å². The SMILES string of the molecule is C=CC[C@H]1C(=O)O[C@@H]1CC(O)CCCCCCCCCCC. The van der Waals surface area contributed by atoms with Gasteiger partial charge in [0.25, 0.3) is 0 Å². The van der Waals surface area contributed by atoms with Crippen LogP contribution in [0.1, 0.15) is 84.0 Å². The van der Waals surface area contributed by atoms with Crippen LogP contribution in [0.2, 0.25) is 0 Å². The summed E-state index contributed by atoms with van der Waals surface area (Å²) in [6.07, 6.45) is 15.0. The van der Waals surface area contributed by atoms with Crippen LogP contribution in [0.4, 0.5) is 0 Å². The highest BCUT2D eigenvalue weighted by Crippen LogP contribution is 2.30. The molecule has 3 nitrogen and oxygen atoms in total. The summed E-state index contributed by atoms with van der Waals surface area (Å²) in [5.74, 6) is -0.213. The van der Waals surface area contributed by atoms with Crippen LogP contribution < -0.4 is 0 Å². The second-order valence-electron chi connectivity index (χ2n) is 6.61. The number of hydrogen-bond donors (Lipinski definition) is 1. The van der Waals surface area contributed by atoms with Gasteiger partial charge in [-0.1, -0.05) is 70.8 Å². The minimum absolute atomic E-state index is 0.0738.